The molecule has 0 atom stereocenters. The number of aromatic nitrogens is 3. The Balaban J connectivity index is 1.26. The Morgan fingerprint density at radius 2 is 1.11 bits per heavy atom. The molecule has 0 saturated carbocycles. The molecular weight excluding hydrogens is 546 g/mol. The Hall–Kier alpha value is -5.67. The molecule has 0 fully saturated rings. The zero-order valence-corrected chi connectivity index (χ0v) is 25.1. The Morgan fingerprint density at radius 3 is 2.04 bits per heavy atom. The van der Waals surface area contributed by atoms with E-state index in [4.69, 9.17) is 4.98 Å². The smallest absolute Gasteiger partial charge is 0.0964 e. The molecule has 3 aromatic heterocycles. The van der Waals surface area contributed by atoms with Crippen molar-refractivity contribution in [3.05, 3.63) is 151 Å². The van der Waals surface area contributed by atoms with Gasteiger partial charge >= 0.3 is 0 Å². The molecule has 0 spiro atoms. The summed E-state index contributed by atoms with van der Waals surface area (Å²) < 4.78 is 0. The number of nitrogens with zero attached hydrogens (tertiary/aromatic N) is 3. The number of pyridine rings is 3. The van der Waals surface area contributed by atoms with Gasteiger partial charge in [-0.05, 0) is 86.5 Å². The second kappa shape index (κ2) is 9.67. The van der Waals surface area contributed by atoms with Gasteiger partial charge in [-0.2, -0.15) is 0 Å². The molecule has 9 rings (SSSR count). The summed E-state index contributed by atoms with van der Waals surface area (Å²) in [5.41, 5.74) is 15.1. The van der Waals surface area contributed by atoms with Gasteiger partial charge in [0.05, 0.1) is 16.6 Å². The largest absolute Gasteiger partial charge is 0.256 e. The monoisotopic (exact) mass is 575 g/mol. The van der Waals surface area contributed by atoms with Gasteiger partial charge in [0, 0.05) is 45.7 Å². The van der Waals surface area contributed by atoms with Crippen LogP contribution in [0.25, 0.3) is 77.2 Å². The summed E-state index contributed by atoms with van der Waals surface area (Å²) in [6.45, 7) is 4.66. The molecule has 8 aromatic rings. The van der Waals surface area contributed by atoms with Gasteiger partial charge in [0.2, 0.25) is 0 Å². The van der Waals surface area contributed by atoms with Crippen molar-refractivity contribution in [3.63, 3.8) is 0 Å². The van der Waals surface area contributed by atoms with Crippen molar-refractivity contribution in [2.24, 2.45) is 0 Å². The van der Waals surface area contributed by atoms with Gasteiger partial charge in [-0.1, -0.05) is 98.8 Å². The number of rotatable bonds is 3. The molecule has 3 heteroatoms. The molecule has 45 heavy (non-hydrogen) atoms. The summed E-state index contributed by atoms with van der Waals surface area (Å²) in [6, 6.07) is 43.9. The van der Waals surface area contributed by atoms with Gasteiger partial charge < -0.3 is 0 Å². The highest BCUT2D eigenvalue weighted by Gasteiger charge is 2.35. The van der Waals surface area contributed by atoms with E-state index in [-0.39, 0.29) is 5.41 Å². The second-order valence-corrected chi connectivity index (χ2v) is 12.5. The van der Waals surface area contributed by atoms with Crippen LogP contribution in [0.5, 0.6) is 0 Å². The van der Waals surface area contributed by atoms with Crippen molar-refractivity contribution in [2.75, 3.05) is 0 Å². The highest BCUT2D eigenvalue weighted by Crippen LogP contribution is 2.50. The third-order valence-electron chi connectivity index (χ3n) is 9.59. The third-order valence-corrected chi connectivity index (χ3v) is 9.59. The van der Waals surface area contributed by atoms with Gasteiger partial charge in [0.25, 0.3) is 0 Å². The SMILES string of the molecule is CC1(C)c2ccccc2-c2cc(-c3cc(-c4ccc5cccnc5c4)ccc3-c3cnc4c(ccc5cccnc54)c3)ccc21. The molecule has 0 unspecified atom stereocenters. The van der Waals surface area contributed by atoms with Crippen molar-refractivity contribution in [3.8, 4) is 44.5 Å². The maximum atomic E-state index is 4.97. The molecule has 0 bridgehead atoms. The molecule has 0 amide bonds. The number of hydrogen-bond donors (Lipinski definition) is 0. The topological polar surface area (TPSA) is 38.7 Å². The molecule has 1 aliphatic carbocycles. The van der Waals surface area contributed by atoms with Crippen LogP contribution >= 0.6 is 0 Å². The van der Waals surface area contributed by atoms with Crippen LogP contribution in [0.2, 0.25) is 0 Å². The number of benzene rings is 5. The summed E-state index contributed by atoms with van der Waals surface area (Å²) >= 11 is 0. The third kappa shape index (κ3) is 4.01. The van der Waals surface area contributed by atoms with Crippen LogP contribution in [0, 0.1) is 0 Å². The van der Waals surface area contributed by atoms with Crippen LogP contribution < -0.4 is 0 Å². The van der Waals surface area contributed by atoms with E-state index in [2.05, 4.69) is 133 Å². The van der Waals surface area contributed by atoms with E-state index < -0.39 is 0 Å². The molecule has 0 radical (unpaired) electrons. The van der Waals surface area contributed by atoms with Crippen LogP contribution in [0.1, 0.15) is 25.0 Å². The fourth-order valence-electron chi connectivity index (χ4n) is 7.23. The van der Waals surface area contributed by atoms with E-state index in [1.54, 1.807) is 0 Å². The Bertz CT molecular complexity index is 2470. The molecule has 212 valence electrons. The molecule has 0 aliphatic heterocycles. The lowest BCUT2D eigenvalue weighted by Gasteiger charge is -2.21. The quantitative estimate of drug-likeness (QED) is 0.197. The van der Waals surface area contributed by atoms with Crippen LogP contribution in [0.3, 0.4) is 0 Å². The maximum absolute atomic E-state index is 4.97. The summed E-state index contributed by atoms with van der Waals surface area (Å²) in [6.07, 6.45) is 5.69. The molecule has 0 saturated heterocycles. The lowest BCUT2D eigenvalue weighted by molar-refractivity contribution is 0.660. The normalized spacial score (nSPS) is 13.3. The molecule has 5 aromatic carbocycles. The first kappa shape index (κ1) is 25.8. The van der Waals surface area contributed by atoms with Gasteiger partial charge in [-0.15, -0.1) is 0 Å². The number of fused-ring (bicyclic) bond motifs is 7. The zero-order valence-electron chi connectivity index (χ0n) is 25.1. The fourth-order valence-corrected chi connectivity index (χ4v) is 7.23. The van der Waals surface area contributed by atoms with E-state index in [9.17, 15) is 0 Å². The van der Waals surface area contributed by atoms with Crippen molar-refractivity contribution in [1.82, 2.24) is 15.0 Å². The highest BCUT2D eigenvalue weighted by atomic mass is 14.7. The average molecular weight is 576 g/mol. The molecule has 3 nitrogen and oxygen atoms in total. The molecule has 1 aliphatic rings. The molecule has 0 N–H and O–H groups in total. The van der Waals surface area contributed by atoms with Crippen LogP contribution in [0.4, 0.5) is 0 Å². The summed E-state index contributed by atoms with van der Waals surface area (Å²) in [5, 5.41) is 3.32. The average Bonchev–Trinajstić information content (AvgIpc) is 3.33. The van der Waals surface area contributed by atoms with Crippen molar-refractivity contribution in [1.29, 1.82) is 0 Å². The lowest BCUT2D eigenvalue weighted by atomic mass is 9.82. The highest BCUT2D eigenvalue weighted by molar-refractivity contribution is 6.04. The minimum atomic E-state index is -0.0354. The minimum absolute atomic E-state index is 0.0354. The van der Waals surface area contributed by atoms with E-state index in [0.29, 0.717) is 0 Å². The first-order valence-corrected chi connectivity index (χ1v) is 15.4. The predicted octanol–water partition coefficient (Wildman–Crippen LogP) is 10.6. The summed E-state index contributed by atoms with van der Waals surface area (Å²) in [7, 11) is 0. The molecular formula is C42H29N3. The van der Waals surface area contributed by atoms with Gasteiger partial charge in [0.15, 0.2) is 0 Å². The predicted molar refractivity (Wildman–Crippen MR) is 186 cm³/mol. The van der Waals surface area contributed by atoms with E-state index >= 15 is 0 Å². The van der Waals surface area contributed by atoms with Crippen molar-refractivity contribution in [2.45, 2.75) is 19.3 Å². The molecule has 3 heterocycles. The lowest BCUT2D eigenvalue weighted by Crippen LogP contribution is -2.14. The second-order valence-electron chi connectivity index (χ2n) is 12.5. The van der Waals surface area contributed by atoms with E-state index in [1.165, 1.54) is 33.4 Å². The Labute approximate surface area is 261 Å². The first-order valence-electron chi connectivity index (χ1n) is 15.4. The van der Waals surface area contributed by atoms with Crippen LogP contribution in [-0.4, -0.2) is 15.0 Å². The first-order chi connectivity index (χ1) is 22.0. The standard InChI is InChI=1S/C42H29N3/c1-42(2)37-10-4-3-9-34(37)36-23-30(16-18-38(36)42)35-22-28(29-13-11-26-7-5-19-43-39(26)24-29)15-17-33(35)32-21-31-14-12-27-8-6-20-44-40(27)41(31)45-25-32/h3-25H,1-2H3. The number of hydrogen-bond acceptors (Lipinski definition) is 3. The van der Waals surface area contributed by atoms with Gasteiger partial charge in [0.1, 0.15) is 0 Å². The summed E-state index contributed by atoms with van der Waals surface area (Å²) in [5.74, 6) is 0. The zero-order chi connectivity index (χ0) is 30.1. The van der Waals surface area contributed by atoms with Gasteiger partial charge in [-0.3, -0.25) is 15.0 Å². The summed E-state index contributed by atoms with van der Waals surface area (Å²) in [4.78, 5) is 14.2. The van der Waals surface area contributed by atoms with Crippen LogP contribution in [-0.2, 0) is 5.41 Å². The van der Waals surface area contributed by atoms with Crippen molar-refractivity contribution >= 4 is 32.7 Å². The van der Waals surface area contributed by atoms with Gasteiger partial charge in [-0.25, -0.2) is 0 Å². The Morgan fingerprint density at radius 1 is 0.422 bits per heavy atom. The van der Waals surface area contributed by atoms with E-state index in [0.717, 1.165) is 55.0 Å². The maximum Gasteiger partial charge on any atom is 0.0964 e. The van der Waals surface area contributed by atoms with Crippen molar-refractivity contribution < 1.29 is 0 Å². The minimum Gasteiger partial charge on any atom is -0.256 e. The Kier molecular flexibility index (Phi) is 5.54. The van der Waals surface area contributed by atoms with E-state index in [1.807, 2.05) is 30.7 Å². The fraction of sp³-hybridized carbons (Fsp3) is 0.0714. The van der Waals surface area contributed by atoms with Crippen LogP contribution in [0.15, 0.2) is 140 Å².